The van der Waals surface area contributed by atoms with Crippen LogP contribution in [0.4, 0.5) is 0 Å². The number of hydrogen-bond donors (Lipinski definition) is 0. The van der Waals surface area contributed by atoms with Gasteiger partial charge in [-0.05, 0) is 43.0 Å². The van der Waals surface area contributed by atoms with Crippen LogP contribution in [-0.4, -0.2) is 66.4 Å². The molecule has 0 aliphatic carbocycles. The van der Waals surface area contributed by atoms with Crippen molar-refractivity contribution in [2.75, 3.05) is 39.8 Å². The van der Waals surface area contributed by atoms with E-state index in [9.17, 15) is 4.79 Å². The lowest BCUT2D eigenvalue weighted by Crippen LogP contribution is -2.52. The average molecular weight is 344 g/mol. The standard InChI is InChI=1S/C21H33N3O/c1-21(2,3)18-9-7-17(8-10-18)16-23-12-14-24(15-13-23)20(25)19-6-5-11-22(19)4/h7-10,19H,5-6,11-16H2,1-4H3/t19-/m0/s1. The summed E-state index contributed by atoms with van der Waals surface area (Å²) in [4.78, 5) is 19.4. The van der Waals surface area contributed by atoms with Gasteiger partial charge in [0, 0.05) is 32.7 Å². The molecule has 4 heteroatoms. The summed E-state index contributed by atoms with van der Waals surface area (Å²) in [6, 6.07) is 9.14. The Bertz CT molecular complexity index is 582. The van der Waals surface area contributed by atoms with Gasteiger partial charge in [-0.15, -0.1) is 0 Å². The first-order valence-corrected chi connectivity index (χ1v) is 9.65. The van der Waals surface area contributed by atoms with E-state index >= 15 is 0 Å². The first-order valence-electron chi connectivity index (χ1n) is 9.65. The van der Waals surface area contributed by atoms with E-state index in [2.05, 4.69) is 66.8 Å². The summed E-state index contributed by atoms with van der Waals surface area (Å²) >= 11 is 0. The molecular formula is C21H33N3O. The number of amides is 1. The van der Waals surface area contributed by atoms with Gasteiger partial charge < -0.3 is 4.90 Å². The van der Waals surface area contributed by atoms with Crippen molar-refractivity contribution in [2.24, 2.45) is 0 Å². The van der Waals surface area contributed by atoms with Gasteiger partial charge in [0.2, 0.25) is 5.91 Å². The van der Waals surface area contributed by atoms with Gasteiger partial charge in [-0.3, -0.25) is 14.6 Å². The molecule has 25 heavy (non-hydrogen) atoms. The van der Waals surface area contributed by atoms with Crippen LogP contribution >= 0.6 is 0 Å². The Hall–Kier alpha value is -1.39. The summed E-state index contributed by atoms with van der Waals surface area (Å²) in [5, 5.41) is 0. The zero-order valence-electron chi connectivity index (χ0n) is 16.3. The molecule has 0 N–H and O–H groups in total. The lowest BCUT2D eigenvalue weighted by Gasteiger charge is -2.37. The minimum atomic E-state index is 0.122. The Morgan fingerprint density at radius 1 is 1.04 bits per heavy atom. The molecule has 1 atom stereocenters. The van der Waals surface area contributed by atoms with E-state index in [4.69, 9.17) is 0 Å². The summed E-state index contributed by atoms with van der Waals surface area (Å²) in [6.07, 6.45) is 2.17. The Morgan fingerprint density at radius 2 is 1.68 bits per heavy atom. The molecule has 4 nitrogen and oxygen atoms in total. The van der Waals surface area contributed by atoms with Crippen LogP contribution in [0.3, 0.4) is 0 Å². The summed E-state index contributed by atoms with van der Waals surface area (Å²) < 4.78 is 0. The molecule has 0 radical (unpaired) electrons. The topological polar surface area (TPSA) is 26.8 Å². The molecule has 1 aromatic carbocycles. The highest BCUT2D eigenvalue weighted by Crippen LogP contribution is 2.23. The van der Waals surface area contributed by atoms with Gasteiger partial charge in [0.1, 0.15) is 0 Å². The molecular weight excluding hydrogens is 310 g/mol. The van der Waals surface area contributed by atoms with E-state index < -0.39 is 0 Å². The maximum atomic E-state index is 12.7. The number of likely N-dealkylation sites (N-methyl/N-ethyl adjacent to an activating group) is 1. The number of carbonyl (C=O) groups excluding carboxylic acids is 1. The van der Waals surface area contributed by atoms with E-state index in [1.54, 1.807) is 0 Å². The Morgan fingerprint density at radius 3 is 2.20 bits per heavy atom. The molecule has 2 aliphatic rings. The second-order valence-corrected chi connectivity index (χ2v) is 8.69. The average Bonchev–Trinajstić information content (AvgIpc) is 3.01. The van der Waals surface area contributed by atoms with Crippen LogP contribution in [-0.2, 0) is 16.8 Å². The van der Waals surface area contributed by atoms with Crippen molar-refractivity contribution < 1.29 is 4.79 Å². The first-order chi connectivity index (χ1) is 11.8. The third kappa shape index (κ3) is 4.42. The fourth-order valence-electron chi connectivity index (χ4n) is 3.93. The smallest absolute Gasteiger partial charge is 0.240 e. The van der Waals surface area contributed by atoms with Gasteiger partial charge in [0.05, 0.1) is 6.04 Å². The van der Waals surface area contributed by atoms with Crippen LogP contribution in [0.15, 0.2) is 24.3 Å². The molecule has 138 valence electrons. The summed E-state index contributed by atoms with van der Waals surface area (Å²) in [5.41, 5.74) is 2.95. The van der Waals surface area contributed by atoms with E-state index in [0.29, 0.717) is 5.91 Å². The van der Waals surface area contributed by atoms with E-state index in [1.165, 1.54) is 11.1 Å². The van der Waals surface area contributed by atoms with Crippen molar-refractivity contribution in [3.05, 3.63) is 35.4 Å². The van der Waals surface area contributed by atoms with E-state index in [-0.39, 0.29) is 11.5 Å². The number of piperazine rings is 1. The lowest BCUT2D eigenvalue weighted by atomic mass is 9.87. The molecule has 1 aromatic rings. The quantitative estimate of drug-likeness (QED) is 0.844. The Labute approximate surface area is 152 Å². The van der Waals surface area contributed by atoms with Crippen molar-refractivity contribution >= 4 is 5.91 Å². The lowest BCUT2D eigenvalue weighted by molar-refractivity contribution is -0.137. The van der Waals surface area contributed by atoms with Gasteiger partial charge in [-0.2, -0.15) is 0 Å². The van der Waals surface area contributed by atoms with Gasteiger partial charge in [0.15, 0.2) is 0 Å². The third-order valence-electron chi connectivity index (χ3n) is 5.72. The second kappa shape index (κ2) is 7.46. The predicted octanol–water partition coefficient (Wildman–Crippen LogP) is 2.72. The van der Waals surface area contributed by atoms with E-state index in [1.807, 2.05) is 0 Å². The second-order valence-electron chi connectivity index (χ2n) is 8.69. The maximum Gasteiger partial charge on any atom is 0.240 e. The largest absolute Gasteiger partial charge is 0.339 e. The zero-order chi connectivity index (χ0) is 18.0. The number of benzene rings is 1. The summed E-state index contributed by atoms with van der Waals surface area (Å²) in [5.74, 6) is 0.342. The van der Waals surface area contributed by atoms with Crippen molar-refractivity contribution in [2.45, 2.75) is 51.6 Å². The van der Waals surface area contributed by atoms with Crippen LogP contribution in [0, 0.1) is 0 Å². The zero-order valence-corrected chi connectivity index (χ0v) is 16.3. The number of carbonyl (C=O) groups is 1. The molecule has 2 saturated heterocycles. The minimum Gasteiger partial charge on any atom is -0.339 e. The molecule has 0 spiro atoms. The van der Waals surface area contributed by atoms with Gasteiger partial charge in [-0.25, -0.2) is 0 Å². The number of hydrogen-bond acceptors (Lipinski definition) is 3. The SMILES string of the molecule is CN1CCC[C@H]1C(=O)N1CCN(Cc2ccc(C(C)(C)C)cc2)CC1. The molecule has 0 saturated carbocycles. The van der Waals surface area contributed by atoms with Crippen LogP contribution in [0.1, 0.15) is 44.7 Å². The number of nitrogens with zero attached hydrogens (tertiary/aromatic N) is 3. The fraction of sp³-hybridized carbons (Fsp3) is 0.667. The normalized spacial score (nSPS) is 23.2. The highest BCUT2D eigenvalue weighted by molar-refractivity contribution is 5.82. The molecule has 2 fully saturated rings. The molecule has 0 aromatic heterocycles. The number of likely N-dealkylation sites (tertiary alicyclic amines) is 1. The molecule has 2 aliphatic heterocycles. The molecule has 1 amide bonds. The van der Waals surface area contributed by atoms with Gasteiger partial charge in [-0.1, -0.05) is 45.0 Å². The summed E-state index contributed by atoms with van der Waals surface area (Å²) in [7, 11) is 2.08. The highest BCUT2D eigenvalue weighted by Gasteiger charge is 2.32. The molecule has 2 heterocycles. The van der Waals surface area contributed by atoms with Crippen molar-refractivity contribution in [3.63, 3.8) is 0 Å². The Balaban J connectivity index is 1.50. The summed E-state index contributed by atoms with van der Waals surface area (Å²) in [6.45, 7) is 12.5. The van der Waals surface area contributed by atoms with Crippen LogP contribution in [0.5, 0.6) is 0 Å². The number of rotatable bonds is 3. The van der Waals surface area contributed by atoms with Crippen LogP contribution in [0.2, 0.25) is 0 Å². The molecule has 3 rings (SSSR count). The monoisotopic (exact) mass is 343 g/mol. The van der Waals surface area contributed by atoms with Gasteiger partial charge >= 0.3 is 0 Å². The maximum absolute atomic E-state index is 12.7. The first kappa shape index (κ1) is 18.4. The van der Waals surface area contributed by atoms with Crippen molar-refractivity contribution in [1.82, 2.24) is 14.7 Å². The minimum absolute atomic E-state index is 0.122. The molecule has 0 bridgehead atoms. The Kier molecular flexibility index (Phi) is 5.49. The fourth-order valence-corrected chi connectivity index (χ4v) is 3.93. The third-order valence-corrected chi connectivity index (χ3v) is 5.72. The van der Waals surface area contributed by atoms with Crippen molar-refractivity contribution in [3.8, 4) is 0 Å². The molecule has 0 unspecified atom stereocenters. The van der Waals surface area contributed by atoms with Crippen LogP contribution in [0.25, 0.3) is 0 Å². The van der Waals surface area contributed by atoms with Crippen LogP contribution < -0.4 is 0 Å². The van der Waals surface area contributed by atoms with Crippen molar-refractivity contribution in [1.29, 1.82) is 0 Å². The highest BCUT2D eigenvalue weighted by atomic mass is 16.2. The van der Waals surface area contributed by atoms with E-state index in [0.717, 1.165) is 52.1 Å². The van der Waals surface area contributed by atoms with Gasteiger partial charge in [0.25, 0.3) is 0 Å². The predicted molar refractivity (Wildman–Crippen MR) is 103 cm³/mol.